The highest BCUT2D eigenvalue weighted by atomic mass is 32.1. The number of nitrogens with one attached hydrogen (secondary N) is 1. The lowest BCUT2D eigenvalue weighted by molar-refractivity contribution is -0.131. The highest BCUT2D eigenvalue weighted by molar-refractivity contribution is 7.10. The number of amides is 2. The van der Waals surface area contributed by atoms with Gasteiger partial charge in [0.25, 0.3) is 0 Å². The van der Waals surface area contributed by atoms with Gasteiger partial charge in [-0.05, 0) is 37.1 Å². The first-order valence-corrected chi connectivity index (χ1v) is 9.12. The molecule has 1 aliphatic heterocycles. The summed E-state index contributed by atoms with van der Waals surface area (Å²) >= 11 is 1.63. The van der Waals surface area contributed by atoms with E-state index in [0.717, 1.165) is 43.6 Å². The van der Waals surface area contributed by atoms with E-state index in [9.17, 15) is 9.59 Å². The second kappa shape index (κ2) is 8.32. The maximum Gasteiger partial charge on any atom is 0.227 e. The first kappa shape index (κ1) is 17.0. The van der Waals surface area contributed by atoms with Gasteiger partial charge < -0.3 is 10.2 Å². The van der Waals surface area contributed by atoms with Gasteiger partial charge in [-0.3, -0.25) is 9.59 Å². The van der Waals surface area contributed by atoms with Crippen molar-refractivity contribution in [2.24, 2.45) is 5.92 Å². The molecule has 1 N–H and O–H groups in total. The van der Waals surface area contributed by atoms with Gasteiger partial charge in [-0.1, -0.05) is 19.9 Å². The van der Waals surface area contributed by atoms with E-state index in [1.165, 1.54) is 0 Å². The Labute approximate surface area is 136 Å². The molecule has 22 heavy (non-hydrogen) atoms. The number of rotatable bonds is 6. The monoisotopic (exact) mass is 322 g/mol. The highest BCUT2D eigenvalue weighted by Gasteiger charge is 2.25. The minimum absolute atomic E-state index is 0.124. The van der Waals surface area contributed by atoms with Crippen LogP contribution < -0.4 is 5.32 Å². The van der Waals surface area contributed by atoms with Crippen LogP contribution in [0.5, 0.6) is 0 Å². The summed E-state index contributed by atoms with van der Waals surface area (Å²) in [6, 6.07) is 4.21. The summed E-state index contributed by atoms with van der Waals surface area (Å²) in [6.45, 7) is 5.61. The van der Waals surface area contributed by atoms with Crippen molar-refractivity contribution < 1.29 is 9.59 Å². The molecule has 1 saturated heterocycles. The topological polar surface area (TPSA) is 49.4 Å². The summed E-state index contributed by atoms with van der Waals surface area (Å²) in [5, 5.41) is 5.15. The molecule has 1 aromatic rings. The van der Waals surface area contributed by atoms with E-state index < -0.39 is 0 Å². The summed E-state index contributed by atoms with van der Waals surface area (Å²) in [6.07, 6.45) is 4.01. The lowest BCUT2D eigenvalue weighted by Gasteiger charge is -2.33. The summed E-state index contributed by atoms with van der Waals surface area (Å²) in [5.41, 5.74) is 0. The van der Waals surface area contributed by atoms with Crippen LogP contribution in [-0.4, -0.2) is 35.8 Å². The van der Waals surface area contributed by atoms with Crippen LogP contribution in [0.25, 0.3) is 0 Å². The van der Waals surface area contributed by atoms with Gasteiger partial charge in [0.05, 0.1) is 6.42 Å². The first-order chi connectivity index (χ1) is 10.6. The molecule has 0 aliphatic carbocycles. The van der Waals surface area contributed by atoms with Crippen molar-refractivity contribution in [2.45, 2.75) is 52.0 Å². The number of likely N-dealkylation sites (tertiary alicyclic amines) is 1. The number of carbonyl (C=O) groups is 2. The van der Waals surface area contributed by atoms with E-state index >= 15 is 0 Å². The molecular formula is C17H26N2O2S. The van der Waals surface area contributed by atoms with Crippen LogP contribution >= 0.6 is 11.3 Å². The molecule has 5 heteroatoms. The molecule has 0 saturated carbocycles. The molecular weight excluding hydrogens is 296 g/mol. The van der Waals surface area contributed by atoms with Crippen molar-refractivity contribution in [1.29, 1.82) is 0 Å². The molecule has 1 fully saturated rings. The smallest absolute Gasteiger partial charge is 0.227 e. The molecule has 1 aromatic heterocycles. The van der Waals surface area contributed by atoms with Crippen molar-refractivity contribution in [2.75, 3.05) is 13.1 Å². The Balaban J connectivity index is 1.75. The first-order valence-electron chi connectivity index (χ1n) is 8.24. The fraction of sp³-hybridized carbons (Fsp3) is 0.647. The van der Waals surface area contributed by atoms with Gasteiger partial charge in [0.15, 0.2) is 0 Å². The van der Waals surface area contributed by atoms with Crippen LogP contribution in [0.3, 0.4) is 0 Å². The minimum atomic E-state index is 0.124. The second-order valence-corrected chi connectivity index (χ2v) is 6.97. The third-order valence-corrected chi connectivity index (χ3v) is 5.33. The van der Waals surface area contributed by atoms with Crippen molar-refractivity contribution in [1.82, 2.24) is 10.2 Å². The molecule has 2 heterocycles. The molecule has 0 unspecified atom stereocenters. The zero-order valence-electron chi connectivity index (χ0n) is 13.5. The normalized spacial score (nSPS) is 16.0. The van der Waals surface area contributed by atoms with Crippen LogP contribution in [0, 0.1) is 5.92 Å². The molecule has 0 spiro atoms. The van der Waals surface area contributed by atoms with Crippen LogP contribution in [-0.2, 0) is 16.0 Å². The second-order valence-electron chi connectivity index (χ2n) is 5.93. The van der Waals surface area contributed by atoms with Crippen LogP contribution in [0.2, 0.25) is 0 Å². The predicted octanol–water partition coefficient (Wildman–Crippen LogP) is 2.83. The molecule has 0 atom stereocenters. The van der Waals surface area contributed by atoms with E-state index in [-0.39, 0.29) is 23.8 Å². The molecule has 0 bridgehead atoms. The molecule has 1 aliphatic rings. The predicted molar refractivity (Wildman–Crippen MR) is 89.8 cm³/mol. The van der Waals surface area contributed by atoms with Gasteiger partial charge >= 0.3 is 0 Å². The van der Waals surface area contributed by atoms with E-state index in [1.807, 2.05) is 22.4 Å². The maximum atomic E-state index is 12.2. The fourth-order valence-electron chi connectivity index (χ4n) is 2.93. The van der Waals surface area contributed by atoms with E-state index in [0.29, 0.717) is 6.42 Å². The van der Waals surface area contributed by atoms with Gasteiger partial charge in [0, 0.05) is 29.9 Å². The summed E-state index contributed by atoms with van der Waals surface area (Å²) in [5.74, 6) is 0.499. The number of piperidine rings is 1. The zero-order chi connectivity index (χ0) is 15.9. The van der Waals surface area contributed by atoms with Gasteiger partial charge in [-0.2, -0.15) is 0 Å². The van der Waals surface area contributed by atoms with Gasteiger partial charge in [-0.25, -0.2) is 0 Å². The Morgan fingerprint density at radius 1 is 1.32 bits per heavy atom. The average molecular weight is 322 g/mol. The number of carbonyl (C=O) groups excluding carboxylic acids is 2. The number of nitrogens with zero attached hydrogens (tertiary/aromatic N) is 1. The molecule has 122 valence electrons. The molecule has 2 rings (SSSR count). The van der Waals surface area contributed by atoms with Crippen LogP contribution in [0.15, 0.2) is 17.5 Å². The molecule has 0 radical (unpaired) electrons. The largest absolute Gasteiger partial charge is 0.353 e. The Morgan fingerprint density at radius 3 is 2.55 bits per heavy atom. The number of hydrogen-bond donors (Lipinski definition) is 1. The number of thiophene rings is 1. The Morgan fingerprint density at radius 2 is 2.00 bits per heavy atom. The third-order valence-electron chi connectivity index (χ3n) is 4.46. The van der Waals surface area contributed by atoms with E-state index in [4.69, 9.17) is 0 Å². The van der Waals surface area contributed by atoms with Crippen LogP contribution in [0.1, 0.15) is 44.4 Å². The van der Waals surface area contributed by atoms with Gasteiger partial charge in [0.1, 0.15) is 0 Å². The molecule has 0 aromatic carbocycles. The Bertz CT molecular complexity index is 475. The maximum absolute atomic E-state index is 12.2. The van der Waals surface area contributed by atoms with Crippen molar-refractivity contribution in [3.05, 3.63) is 22.4 Å². The molecule has 2 amide bonds. The van der Waals surface area contributed by atoms with Gasteiger partial charge in [-0.15, -0.1) is 11.3 Å². The van der Waals surface area contributed by atoms with Crippen LogP contribution in [0.4, 0.5) is 0 Å². The van der Waals surface area contributed by atoms with Crippen molar-refractivity contribution in [3.63, 3.8) is 0 Å². The highest BCUT2D eigenvalue weighted by Crippen LogP contribution is 2.16. The van der Waals surface area contributed by atoms with Crippen molar-refractivity contribution in [3.8, 4) is 0 Å². The van der Waals surface area contributed by atoms with Gasteiger partial charge in [0.2, 0.25) is 11.8 Å². The molecule has 4 nitrogen and oxygen atoms in total. The minimum Gasteiger partial charge on any atom is -0.353 e. The number of hydrogen-bond acceptors (Lipinski definition) is 3. The fourth-order valence-corrected chi connectivity index (χ4v) is 3.62. The summed E-state index contributed by atoms with van der Waals surface area (Å²) < 4.78 is 0. The lowest BCUT2D eigenvalue weighted by atomic mass is 9.99. The standard InChI is InChI=1S/C17H26N2O2S/c1-3-13(4-2)17(21)18-14-7-9-19(10-8-14)16(20)12-15-6-5-11-22-15/h5-6,11,13-14H,3-4,7-10,12H2,1-2H3,(H,18,21). The zero-order valence-corrected chi connectivity index (χ0v) is 14.3. The third kappa shape index (κ3) is 4.57. The summed E-state index contributed by atoms with van der Waals surface area (Å²) in [4.78, 5) is 27.4. The van der Waals surface area contributed by atoms with Crippen molar-refractivity contribution >= 4 is 23.2 Å². The Hall–Kier alpha value is -1.36. The quantitative estimate of drug-likeness (QED) is 0.875. The lowest BCUT2D eigenvalue weighted by Crippen LogP contribution is -2.48. The van der Waals surface area contributed by atoms with E-state index in [1.54, 1.807) is 11.3 Å². The Kier molecular flexibility index (Phi) is 6.43. The SMILES string of the molecule is CCC(CC)C(=O)NC1CCN(C(=O)Cc2cccs2)CC1. The average Bonchev–Trinajstić information content (AvgIpc) is 3.02. The van der Waals surface area contributed by atoms with E-state index in [2.05, 4.69) is 19.2 Å². The summed E-state index contributed by atoms with van der Waals surface area (Å²) in [7, 11) is 0.